The maximum absolute atomic E-state index is 12.9. The fraction of sp³-hybridized carbons (Fsp3) is 0.0714. The van der Waals surface area contributed by atoms with Crippen LogP contribution in [-0.2, 0) is 4.79 Å². The lowest BCUT2D eigenvalue weighted by Crippen LogP contribution is -2.18. The zero-order valence-corrected chi connectivity index (χ0v) is 11.4. The smallest absolute Gasteiger partial charge is 0.280 e. The van der Waals surface area contributed by atoms with Gasteiger partial charge in [0.05, 0.1) is 11.3 Å². The highest BCUT2D eigenvalue weighted by atomic mass is 32.2. The Hall–Kier alpha value is -2.41. The van der Waals surface area contributed by atoms with E-state index in [0.717, 1.165) is 6.07 Å². The number of hydrogen-bond acceptors (Lipinski definition) is 4. The van der Waals surface area contributed by atoms with E-state index in [-0.39, 0.29) is 22.6 Å². The van der Waals surface area contributed by atoms with Gasteiger partial charge in [-0.15, -0.1) is 0 Å². The molecule has 1 aliphatic heterocycles. The summed E-state index contributed by atoms with van der Waals surface area (Å²) in [5, 5.41) is 13.2. The van der Waals surface area contributed by atoms with Gasteiger partial charge in [0.1, 0.15) is 23.1 Å². The quantitative estimate of drug-likeness (QED) is 0.835. The first-order chi connectivity index (χ1) is 10.0. The molecule has 0 aliphatic carbocycles. The first-order valence-corrected chi connectivity index (χ1v) is 7.46. The molecule has 108 valence electrons. The van der Waals surface area contributed by atoms with Crippen LogP contribution in [-0.4, -0.2) is 27.4 Å². The molecule has 1 atom stereocenters. The number of hydrogen-bond donors (Lipinski definition) is 2. The molecule has 7 heteroatoms. The van der Waals surface area contributed by atoms with E-state index in [1.54, 1.807) is 17.5 Å². The summed E-state index contributed by atoms with van der Waals surface area (Å²) in [5.74, 6) is -0.182. The molecule has 0 spiro atoms. The van der Waals surface area contributed by atoms with Crippen LogP contribution >= 0.6 is 10.5 Å². The van der Waals surface area contributed by atoms with Crippen molar-refractivity contribution in [3.05, 3.63) is 41.9 Å². The molecule has 2 aromatic rings. The molecular weight excluding hydrogens is 297 g/mol. The van der Waals surface area contributed by atoms with E-state index in [1.165, 1.54) is 12.1 Å². The molecule has 5 nitrogen and oxygen atoms in total. The van der Waals surface area contributed by atoms with Gasteiger partial charge in [-0.05, 0) is 24.3 Å². The van der Waals surface area contributed by atoms with E-state index in [4.69, 9.17) is 4.42 Å². The van der Waals surface area contributed by atoms with Gasteiger partial charge < -0.3 is 9.52 Å². The summed E-state index contributed by atoms with van der Waals surface area (Å²) >= 11 is 0. The number of nitrogens with one attached hydrogen (secondary N) is 1. The van der Waals surface area contributed by atoms with Crippen LogP contribution in [0.15, 0.2) is 34.7 Å². The lowest BCUT2D eigenvalue weighted by Gasteiger charge is -2.00. The summed E-state index contributed by atoms with van der Waals surface area (Å²) in [6.45, 7) is 0. The van der Waals surface area contributed by atoms with Crippen molar-refractivity contribution < 1.29 is 23.5 Å². The molecule has 21 heavy (non-hydrogen) atoms. The topological polar surface area (TPSA) is 79.5 Å². The van der Waals surface area contributed by atoms with Gasteiger partial charge in [0.15, 0.2) is 0 Å². The lowest BCUT2D eigenvalue weighted by atomic mass is 10.1. The average molecular weight is 307 g/mol. The molecule has 3 rings (SSSR count). The summed E-state index contributed by atoms with van der Waals surface area (Å²) in [6, 6.07) is 6.85. The number of carbonyl (C=O) groups is 2. The summed E-state index contributed by atoms with van der Waals surface area (Å²) in [7, 11) is -0.846. The van der Waals surface area contributed by atoms with Crippen molar-refractivity contribution in [2.75, 3.05) is 5.75 Å². The van der Waals surface area contributed by atoms with E-state index < -0.39 is 16.3 Å². The Balaban J connectivity index is 1.92. The number of amides is 2. The number of carbonyl (C=O) groups excluding carboxylic acids is 2. The van der Waals surface area contributed by atoms with Gasteiger partial charge in [0, 0.05) is 11.4 Å². The first-order valence-electron chi connectivity index (χ1n) is 6.00. The normalized spacial score (nSPS) is 18.2. The van der Waals surface area contributed by atoms with Gasteiger partial charge >= 0.3 is 0 Å². The Bertz CT molecular complexity index is 781. The molecule has 2 N–H and O–H groups in total. The van der Waals surface area contributed by atoms with Gasteiger partial charge in [0.2, 0.25) is 5.91 Å². The van der Waals surface area contributed by atoms with E-state index in [0.29, 0.717) is 17.1 Å². The second kappa shape index (κ2) is 5.17. The van der Waals surface area contributed by atoms with E-state index >= 15 is 0 Å². The fourth-order valence-electron chi connectivity index (χ4n) is 1.93. The third-order valence-electron chi connectivity index (χ3n) is 2.88. The summed E-state index contributed by atoms with van der Waals surface area (Å²) in [6.07, 6.45) is 0. The van der Waals surface area contributed by atoms with Crippen molar-refractivity contribution >= 4 is 27.0 Å². The third-order valence-corrected chi connectivity index (χ3v) is 4.54. The number of halogens is 1. The average Bonchev–Trinajstić information content (AvgIpc) is 2.97. The van der Waals surface area contributed by atoms with Crippen molar-refractivity contribution in [1.82, 2.24) is 5.32 Å². The van der Waals surface area contributed by atoms with Gasteiger partial charge in [-0.25, -0.2) is 4.39 Å². The number of phenols is 1. The minimum absolute atomic E-state index is 0.122. The molecule has 1 aliphatic rings. The zero-order valence-electron chi connectivity index (χ0n) is 10.6. The predicted octanol–water partition coefficient (Wildman–Crippen LogP) is 2.46. The van der Waals surface area contributed by atoms with Crippen molar-refractivity contribution in [3.63, 3.8) is 0 Å². The van der Waals surface area contributed by atoms with Gasteiger partial charge in [-0.3, -0.25) is 14.9 Å². The van der Waals surface area contributed by atoms with Crippen LogP contribution in [0.5, 0.6) is 5.75 Å². The second-order valence-corrected chi connectivity index (χ2v) is 6.14. The van der Waals surface area contributed by atoms with Crippen molar-refractivity contribution in [2.24, 2.45) is 0 Å². The van der Waals surface area contributed by atoms with Crippen molar-refractivity contribution in [3.8, 4) is 17.1 Å². The highest BCUT2D eigenvalue weighted by Crippen LogP contribution is 2.31. The maximum atomic E-state index is 12.9. The summed E-state index contributed by atoms with van der Waals surface area (Å²) in [5.41, 5.74) is 0.353. The zero-order chi connectivity index (χ0) is 15.0. The van der Waals surface area contributed by atoms with Gasteiger partial charge in [0.25, 0.3) is 5.24 Å². The number of phenolic OH excluding ortho intramolecular Hbond substituents is 1. The Morgan fingerprint density at radius 1 is 1.29 bits per heavy atom. The monoisotopic (exact) mass is 307 g/mol. The van der Waals surface area contributed by atoms with Crippen LogP contribution < -0.4 is 5.32 Å². The molecule has 1 saturated heterocycles. The first kappa shape index (κ1) is 13.6. The fourth-order valence-corrected chi connectivity index (χ4v) is 3.26. The maximum Gasteiger partial charge on any atom is 0.280 e. The third kappa shape index (κ3) is 2.73. The number of furan rings is 1. The molecule has 2 heterocycles. The van der Waals surface area contributed by atoms with Crippen LogP contribution in [0.3, 0.4) is 0 Å². The van der Waals surface area contributed by atoms with Crippen molar-refractivity contribution in [1.29, 1.82) is 0 Å². The standard InChI is InChI=1S/C14H10FNO4S/c15-8-1-3-10(11(17)5-8)12-4-2-9(20-12)6-21-7-13(18)16-14(21)19/h1-6,17H,7H2,(H,16,18,19). The van der Waals surface area contributed by atoms with Crippen molar-refractivity contribution in [2.45, 2.75) is 0 Å². The Kier molecular flexibility index (Phi) is 3.34. The van der Waals surface area contributed by atoms with E-state index in [2.05, 4.69) is 5.32 Å². The Morgan fingerprint density at radius 2 is 2.10 bits per heavy atom. The largest absolute Gasteiger partial charge is 0.507 e. The van der Waals surface area contributed by atoms with Crippen LogP contribution in [0.2, 0.25) is 0 Å². The molecule has 2 amide bonds. The highest BCUT2D eigenvalue weighted by molar-refractivity contribution is 8.28. The minimum Gasteiger partial charge on any atom is -0.507 e. The van der Waals surface area contributed by atoms with Crippen LogP contribution in [0.1, 0.15) is 5.76 Å². The molecule has 1 aromatic carbocycles. The highest BCUT2D eigenvalue weighted by Gasteiger charge is 2.23. The summed E-state index contributed by atoms with van der Waals surface area (Å²) in [4.78, 5) is 22.6. The molecule has 1 unspecified atom stereocenters. The van der Waals surface area contributed by atoms with Crippen LogP contribution in [0, 0.1) is 5.82 Å². The number of benzene rings is 1. The van der Waals surface area contributed by atoms with Gasteiger partial charge in [-0.1, -0.05) is 10.5 Å². The molecular formula is C14H10FNO4S. The second-order valence-electron chi connectivity index (χ2n) is 4.39. The minimum atomic E-state index is -0.846. The number of rotatable bonds is 2. The summed E-state index contributed by atoms with van der Waals surface area (Å²) < 4.78 is 18.5. The number of imide groups is 1. The predicted molar refractivity (Wildman–Crippen MR) is 76.9 cm³/mol. The molecule has 0 bridgehead atoms. The Labute approximate surface area is 121 Å². The molecule has 0 saturated carbocycles. The molecule has 1 aromatic heterocycles. The SMILES string of the molecule is O=C1C/S(=C\c2ccc(-c3ccc(F)cc3O)o2)C(=O)N1. The van der Waals surface area contributed by atoms with Crippen LogP contribution in [0.4, 0.5) is 9.18 Å². The van der Waals surface area contributed by atoms with E-state index in [1.807, 2.05) is 0 Å². The lowest BCUT2D eigenvalue weighted by molar-refractivity contribution is -0.117. The number of aromatic hydroxyl groups is 1. The molecule has 0 radical (unpaired) electrons. The van der Waals surface area contributed by atoms with E-state index in [9.17, 15) is 19.1 Å². The molecule has 1 fully saturated rings. The Morgan fingerprint density at radius 3 is 2.76 bits per heavy atom. The van der Waals surface area contributed by atoms with Gasteiger partial charge in [-0.2, -0.15) is 0 Å². The van der Waals surface area contributed by atoms with Crippen LogP contribution in [0.25, 0.3) is 11.3 Å².